The zero-order valence-corrected chi connectivity index (χ0v) is 11.6. The number of hydrogen-bond acceptors (Lipinski definition) is 4. The van der Waals surface area contributed by atoms with Crippen molar-refractivity contribution in [2.75, 3.05) is 19.6 Å². The highest BCUT2D eigenvalue weighted by molar-refractivity contribution is 7.07. The molecule has 0 radical (unpaired) electrons. The lowest BCUT2D eigenvalue weighted by Crippen LogP contribution is -2.51. The first-order chi connectivity index (χ1) is 8.58. The third-order valence-corrected chi connectivity index (χ3v) is 4.13. The first-order valence-corrected chi connectivity index (χ1v) is 7.12. The van der Waals surface area contributed by atoms with Gasteiger partial charge in [0.05, 0.1) is 0 Å². The summed E-state index contributed by atoms with van der Waals surface area (Å²) in [6.07, 6.45) is 0.407. The van der Waals surface area contributed by atoms with Gasteiger partial charge in [0.25, 0.3) is 0 Å². The van der Waals surface area contributed by atoms with E-state index < -0.39 is 0 Å². The Kier molecular flexibility index (Phi) is 4.19. The van der Waals surface area contributed by atoms with Crippen LogP contribution in [0.15, 0.2) is 10.2 Å². The van der Waals surface area contributed by atoms with Crippen LogP contribution in [0, 0.1) is 6.92 Å². The average Bonchev–Trinajstić information content (AvgIpc) is 2.66. The number of rotatable bonds is 3. The normalized spacial score (nSPS) is 20.1. The SMILES string of the molecule is Cc1csc(=O)n1CCC(=O)N1CCNC(C)C1. The number of carbonyl (C=O) groups is 1. The van der Waals surface area contributed by atoms with Crippen LogP contribution >= 0.6 is 11.3 Å². The monoisotopic (exact) mass is 269 g/mol. The summed E-state index contributed by atoms with van der Waals surface area (Å²) in [6, 6.07) is 0.355. The first-order valence-electron chi connectivity index (χ1n) is 6.24. The van der Waals surface area contributed by atoms with Crippen LogP contribution in [0.4, 0.5) is 0 Å². The van der Waals surface area contributed by atoms with Gasteiger partial charge in [0.2, 0.25) is 5.91 Å². The van der Waals surface area contributed by atoms with E-state index in [2.05, 4.69) is 12.2 Å². The maximum absolute atomic E-state index is 12.0. The van der Waals surface area contributed by atoms with Crippen molar-refractivity contribution in [2.45, 2.75) is 32.9 Å². The summed E-state index contributed by atoms with van der Waals surface area (Å²) in [6.45, 7) is 6.84. The number of amides is 1. The molecule has 1 atom stereocenters. The summed E-state index contributed by atoms with van der Waals surface area (Å²) in [7, 11) is 0. The zero-order chi connectivity index (χ0) is 13.1. The van der Waals surface area contributed by atoms with E-state index in [1.165, 1.54) is 11.3 Å². The number of hydrogen-bond donors (Lipinski definition) is 1. The van der Waals surface area contributed by atoms with Gasteiger partial charge in [0.1, 0.15) is 0 Å². The molecular formula is C12H19N3O2S. The Balaban J connectivity index is 1.90. The molecule has 6 heteroatoms. The number of piperazine rings is 1. The first kappa shape index (κ1) is 13.3. The van der Waals surface area contributed by atoms with Gasteiger partial charge in [0.15, 0.2) is 0 Å². The van der Waals surface area contributed by atoms with E-state index in [1.807, 2.05) is 17.2 Å². The standard InChI is InChI=1S/C12H19N3O2S/c1-9-7-14(6-4-13-9)11(16)3-5-15-10(2)8-18-12(15)17/h8-9,13H,3-7H2,1-2H3. The molecule has 1 unspecified atom stereocenters. The van der Waals surface area contributed by atoms with Crippen molar-refractivity contribution in [2.24, 2.45) is 0 Å². The number of nitrogens with zero attached hydrogens (tertiary/aromatic N) is 2. The lowest BCUT2D eigenvalue weighted by molar-refractivity contribution is -0.132. The summed E-state index contributed by atoms with van der Waals surface area (Å²) in [5.74, 6) is 0.140. The van der Waals surface area contributed by atoms with Gasteiger partial charge < -0.3 is 14.8 Å². The van der Waals surface area contributed by atoms with E-state index in [-0.39, 0.29) is 10.8 Å². The molecule has 1 aliphatic heterocycles. The van der Waals surface area contributed by atoms with Gasteiger partial charge in [-0.15, -0.1) is 0 Å². The van der Waals surface area contributed by atoms with Crippen LogP contribution in [0.5, 0.6) is 0 Å². The smallest absolute Gasteiger partial charge is 0.307 e. The molecular weight excluding hydrogens is 250 g/mol. The maximum atomic E-state index is 12.0. The lowest BCUT2D eigenvalue weighted by atomic mass is 10.2. The summed E-state index contributed by atoms with van der Waals surface area (Å²) < 4.78 is 1.67. The second kappa shape index (κ2) is 5.67. The van der Waals surface area contributed by atoms with E-state index in [0.717, 1.165) is 25.3 Å². The Bertz CT molecular complexity index is 480. The van der Waals surface area contributed by atoms with Gasteiger partial charge in [-0.3, -0.25) is 9.59 Å². The van der Waals surface area contributed by atoms with Crippen molar-refractivity contribution >= 4 is 17.2 Å². The molecule has 18 heavy (non-hydrogen) atoms. The van der Waals surface area contributed by atoms with Crippen LogP contribution in [0.1, 0.15) is 19.0 Å². The Hall–Kier alpha value is -1.14. The molecule has 5 nitrogen and oxygen atoms in total. The fourth-order valence-electron chi connectivity index (χ4n) is 2.20. The molecule has 2 heterocycles. The fraction of sp³-hybridized carbons (Fsp3) is 0.667. The van der Waals surface area contributed by atoms with E-state index in [1.54, 1.807) is 4.57 Å². The molecule has 100 valence electrons. The largest absolute Gasteiger partial charge is 0.340 e. The van der Waals surface area contributed by atoms with Crippen LogP contribution in [0.2, 0.25) is 0 Å². The van der Waals surface area contributed by atoms with Crippen molar-refractivity contribution in [3.8, 4) is 0 Å². The van der Waals surface area contributed by atoms with Crippen LogP contribution in [-0.2, 0) is 11.3 Å². The minimum absolute atomic E-state index is 0.0222. The van der Waals surface area contributed by atoms with E-state index in [9.17, 15) is 9.59 Å². The van der Waals surface area contributed by atoms with Crippen molar-refractivity contribution in [3.05, 3.63) is 20.7 Å². The summed E-state index contributed by atoms with van der Waals surface area (Å²) in [4.78, 5) is 25.5. The topological polar surface area (TPSA) is 54.3 Å². The molecule has 0 spiro atoms. The minimum atomic E-state index is 0.0222. The maximum Gasteiger partial charge on any atom is 0.307 e. The third kappa shape index (κ3) is 3.00. The second-order valence-corrected chi connectivity index (χ2v) is 5.56. The van der Waals surface area contributed by atoms with Crippen LogP contribution in [0.3, 0.4) is 0 Å². The number of nitrogens with one attached hydrogen (secondary N) is 1. The number of thiazole rings is 1. The van der Waals surface area contributed by atoms with Crippen molar-refractivity contribution in [3.63, 3.8) is 0 Å². The second-order valence-electron chi connectivity index (χ2n) is 4.74. The van der Waals surface area contributed by atoms with Crippen molar-refractivity contribution < 1.29 is 4.79 Å². The van der Waals surface area contributed by atoms with Gasteiger partial charge in [-0.05, 0) is 13.8 Å². The predicted octanol–water partition coefficient (Wildman–Crippen LogP) is 0.429. The molecule has 1 aliphatic rings. The van der Waals surface area contributed by atoms with Crippen LogP contribution in [0.25, 0.3) is 0 Å². The van der Waals surface area contributed by atoms with E-state index in [4.69, 9.17) is 0 Å². The van der Waals surface area contributed by atoms with Crippen molar-refractivity contribution in [1.82, 2.24) is 14.8 Å². The Morgan fingerprint density at radius 3 is 3.00 bits per heavy atom. The fourth-order valence-corrected chi connectivity index (χ4v) is 2.96. The predicted molar refractivity (Wildman–Crippen MR) is 72.0 cm³/mol. The molecule has 0 bridgehead atoms. The summed E-state index contributed by atoms with van der Waals surface area (Å²) in [5, 5.41) is 5.14. The molecule has 0 aromatic carbocycles. The van der Waals surface area contributed by atoms with Gasteiger partial charge in [-0.2, -0.15) is 0 Å². The number of carbonyl (C=O) groups excluding carboxylic acids is 1. The lowest BCUT2D eigenvalue weighted by Gasteiger charge is -2.32. The molecule has 1 aromatic heterocycles. The highest BCUT2D eigenvalue weighted by atomic mass is 32.1. The van der Waals surface area contributed by atoms with Crippen LogP contribution in [-0.4, -0.2) is 41.1 Å². The van der Waals surface area contributed by atoms with Crippen molar-refractivity contribution in [1.29, 1.82) is 0 Å². The van der Waals surface area contributed by atoms with Crippen LogP contribution < -0.4 is 10.2 Å². The van der Waals surface area contributed by atoms with Gasteiger partial charge in [-0.1, -0.05) is 11.3 Å². The summed E-state index contributed by atoms with van der Waals surface area (Å²) >= 11 is 1.19. The van der Waals surface area contributed by atoms with Gasteiger partial charge >= 0.3 is 4.87 Å². The molecule has 2 rings (SSSR count). The van der Waals surface area contributed by atoms with Gasteiger partial charge in [0, 0.05) is 49.7 Å². The molecule has 1 aromatic rings. The van der Waals surface area contributed by atoms with Gasteiger partial charge in [-0.25, -0.2) is 0 Å². The molecule has 1 saturated heterocycles. The molecule has 1 fully saturated rings. The quantitative estimate of drug-likeness (QED) is 0.866. The minimum Gasteiger partial charge on any atom is -0.340 e. The number of aryl methyl sites for hydroxylation is 1. The highest BCUT2D eigenvalue weighted by Gasteiger charge is 2.20. The molecule has 1 amide bonds. The third-order valence-electron chi connectivity index (χ3n) is 3.25. The zero-order valence-electron chi connectivity index (χ0n) is 10.8. The molecule has 0 aliphatic carbocycles. The Labute approximate surface area is 110 Å². The number of aromatic nitrogens is 1. The Morgan fingerprint density at radius 1 is 1.61 bits per heavy atom. The van der Waals surface area contributed by atoms with E-state index in [0.29, 0.717) is 19.0 Å². The average molecular weight is 269 g/mol. The highest BCUT2D eigenvalue weighted by Crippen LogP contribution is 2.05. The molecule has 1 N–H and O–H groups in total. The Morgan fingerprint density at radius 2 is 2.39 bits per heavy atom. The molecule has 0 saturated carbocycles. The van der Waals surface area contributed by atoms with E-state index >= 15 is 0 Å². The summed E-state index contributed by atoms with van der Waals surface area (Å²) in [5.41, 5.74) is 0.937.